The molecule has 0 bridgehead atoms. The second-order valence-electron chi connectivity index (χ2n) is 4.31. The van der Waals surface area contributed by atoms with Gasteiger partial charge in [-0.2, -0.15) is 0 Å². The summed E-state index contributed by atoms with van der Waals surface area (Å²) in [6, 6.07) is 4.52. The molecule has 1 aromatic carbocycles. The number of hydrogen-bond donors (Lipinski definition) is 2. The average Bonchev–Trinajstić information content (AvgIpc) is 2.43. The van der Waals surface area contributed by atoms with Gasteiger partial charge in [-0.05, 0) is 44.0 Å². The van der Waals surface area contributed by atoms with Crippen LogP contribution in [0.15, 0.2) is 23.1 Å². The molecule has 20 heavy (non-hydrogen) atoms. The van der Waals surface area contributed by atoms with Crippen LogP contribution in [0.4, 0.5) is 0 Å². The number of benzene rings is 1. The monoisotopic (exact) mass is 300 g/mol. The molecule has 0 fully saturated rings. The Labute approximate surface area is 119 Å². The molecule has 0 atom stereocenters. The van der Waals surface area contributed by atoms with Crippen LogP contribution in [0.1, 0.15) is 28.8 Å². The molecule has 3 N–H and O–H groups in total. The Balaban J connectivity index is 2.98. The molecule has 0 aliphatic rings. The third kappa shape index (κ3) is 4.03. The second kappa shape index (κ2) is 7.37. The molecular weight excluding hydrogens is 280 g/mol. The lowest BCUT2D eigenvalue weighted by Gasteiger charge is -2.11. The van der Waals surface area contributed by atoms with Gasteiger partial charge in [0.2, 0.25) is 10.0 Å². The van der Waals surface area contributed by atoms with E-state index in [1.54, 1.807) is 6.92 Å². The van der Waals surface area contributed by atoms with Gasteiger partial charge in [-0.15, -0.1) is 0 Å². The van der Waals surface area contributed by atoms with Gasteiger partial charge < -0.3 is 10.5 Å². The molecule has 0 radical (unpaired) electrons. The summed E-state index contributed by atoms with van der Waals surface area (Å²) < 4.78 is 31.5. The molecule has 0 aromatic heterocycles. The number of sulfonamides is 1. The van der Waals surface area contributed by atoms with Gasteiger partial charge in [0.1, 0.15) is 0 Å². The third-order valence-corrected chi connectivity index (χ3v) is 4.51. The van der Waals surface area contributed by atoms with Crippen LogP contribution in [0, 0.1) is 6.92 Å². The minimum absolute atomic E-state index is 0.0909. The van der Waals surface area contributed by atoms with Gasteiger partial charge in [0.25, 0.3) is 0 Å². The van der Waals surface area contributed by atoms with Crippen LogP contribution in [0.3, 0.4) is 0 Å². The largest absolute Gasteiger partial charge is 0.465 e. The summed E-state index contributed by atoms with van der Waals surface area (Å²) in [5.41, 5.74) is 5.98. The Morgan fingerprint density at radius 2 is 2.05 bits per heavy atom. The molecule has 6 nitrogen and oxygen atoms in total. The molecule has 1 rings (SSSR count). The first-order valence-electron chi connectivity index (χ1n) is 6.31. The fraction of sp³-hybridized carbons (Fsp3) is 0.462. The summed E-state index contributed by atoms with van der Waals surface area (Å²) in [6.07, 6.45) is 1.43. The zero-order valence-corrected chi connectivity index (χ0v) is 12.5. The van der Waals surface area contributed by atoms with E-state index in [0.717, 1.165) is 6.42 Å². The first-order valence-corrected chi connectivity index (χ1v) is 7.80. The number of carbonyl (C=O) groups is 1. The van der Waals surface area contributed by atoms with E-state index < -0.39 is 16.0 Å². The standard InChI is InChI=1S/C13H20N2O4S/c1-10-11(13(16)19-2)6-5-7-12(10)20(17,18)15-9-4-3-8-14/h5-7,15H,3-4,8-9,14H2,1-2H3. The molecule has 1 aromatic rings. The van der Waals surface area contributed by atoms with Gasteiger partial charge in [0.05, 0.1) is 17.6 Å². The predicted molar refractivity (Wildman–Crippen MR) is 76.0 cm³/mol. The first kappa shape index (κ1) is 16.6. The lowest BCUT2D eigenvalue weighted by molar-refractivity contribution is 0.0599. The van der Waals surface area contributed by atoms with E-state index in [1.807, 2.05) is 0 Å². The van der Waals surface area contributed by atoms with Crippen LogP contribution in [-0.4, -0.2) is 34.6 Å². The maximum Gasteiger partial charge on any atom is 0.338 e. The number of unbranched alkanes of at least 4 members (excludes halogenated alkanes) is 1. The summed E-state index contributed by atoms with van der Waals surface area (Å²) in [5, 5.41) is 0. The minimum Gasteiger partial charge on any atom is -0.465 e. The van der Waals surface area contributed by atoms with Crippen molar-refractivity contribution in [2.24, 2.45) is 5.73 Å². The van der Waals surface area contributed by atoms with Crippen molar-refractivity contribution in [3.05, 3.63) is 29.3 Å². The van der Waals surface area contributed by atoms with Gasteiger partial charge in [0.15, 0.2) is 0 Å². The molecule has 7 heteroatoms. The van der Waals surface area contributed by atoms with Crippen molar-refractivity contribution in [1.29, 1.82) is 0 Å². The molecule has 112 valence electrons. The van der Waals surface area contributed by atoms with Crippen molar-refractivity contribution in [2.75, 3.05) is 20.2 Å². The molecule has 0 unspecified atom stereocenters. The quantitative estimate of drug-likeness (QED) is 0.573. The molecule has 0 heterocycles. The molecule has 0 amide bonds. The Morgan fingerprint density at radius 3 is 2.65 bits per heavy atom. The van der Waals surface area contributed by atoms with Gasteiger partial charge >= 0.3 is 5.97 Å². The van der Waals surface area contributed by atoms with Crippen molar-refractivity contribution < 1.29 is 17.9 Å². The van der Waals surface area contributed by atoms with E-state index in [9.17, 15) is 13.2 Å². The zero-order valence-electron chi connectivity index (χ0n) is 11.7. The van der Waals surface area contributed by atoms with Crippen molar-refractivity contribution in [2.45, 2.75) is 24.7 Å². The first-order chi connectivity index (χ1) is 9.44. The van der Waals surface area contributed by atoms with E-state index >= 15 is 0 Å². The number of nitrogens with two attached hydrogens (primary N) is 1. The highest BCUT2D eigenvalue weighted by atomic mass is 32.2. The Kier molecular flexibility index (Phi) is 6.12. The zero-order chi connectivity index (χ0) is 15.2. The number of hydrogen-bond acceptors (Lipinski definition) is 5. The summed E-state index contributed by atoms with van der Waals surface area (Å²) in [6.45, 7) is 2.43. The lowest BCUT2D eigenvalue weighted by Crippen LogP contribution is -2.26. The van der Waals surface area contributed by atoms with Crippen LogP contribution in [-0.2, 0) is 14.8 Å². The SMILES string of the molecule is COC(=O)c1cccc(S(=O)(=O)NCCCCN)c1C. The van der Waals surface area contributed by atoms with E-state index in [2.05, 4.69) is 9.46 Å². The highest BCUT2D eigenvalue weighted by Crippen LogP contribution is 2.19. The van der Waals surface area contributed by atoms with Crippen molar-refractivity contribution >= 4 is 16.0 Å². The molecule has 0 saturated heterocycles. The molecular formula is C13H20N2O4S. The minimum atomic E-state index is -3.63. The van der Waals surface area contributed by atoms with Crippen molar-refractivity contribution in [3.63, 3.8) is 0 Å². The summed E-state index contributed by atoms with van der Waals surface area (Å²) in [7, 11) is -2.38. The van der Waals surface area contributed by atoms with Crippen LogP contribution < -0.4 is 10.5 Å². The topological polar surface area (TPSA) is 98.5 Å². The van der Waals surface area contributed by atoms with Crippen molar-refractivity contribution in [1.82, 2.24) is 4.72 Å². The third-order valence-electron chi connectivity index (χ3n) is 2.90. The number of methoxy groups -OCH3 is 1. The van der Waals surface area contributed by atoms with Crippen LogP contribution in [0.5, 0.6) is 0 Å². The van der Waals surface area contributed by atoms with E-state index in [0.29, 0.717) is 25.1 Å². The average molecular weight is 300 g/mol. The number of esters is 1. The summed E-state index contributed by atoms with van der Waals surface area (Å²) in [5.74, 6) is -0.553. The molecule has 0 aliphatic carbocycles. The van der Waals surface area contributed by atoms with Gasteiger partial charge in [-0.25, -0.2) is 17.9 Å². The number of rotatable bonds is 7. The van der Waals surface area contributed by atoms with E-state index in [1.165, 1.54) is 25.3 Å². The molecule has 0 spiro atoms. The van der Waals surface area contributed by atoms with Crippen LogP contribution in [0.25, 0.3) is 0 Å². The number of carbonyl (C=O) groups excluding carboxylic acids is 1. The summed E-state index contributed by atoms with van der Waals surface area (Å²) >= 11 is 0. The van der Waals surface area contributed by atoms with E-state index in [-0.39, 0.29) is 10.5 Å². The van der Waals surface area contributed by atoms with Gasteiger partial charge in [-0.3, -0.25) is 0 Å². The highest BCUT2D eigenvalue weighted by Gasteiger charge is 2.20. The Morgan fingerprint density at radius 1 is 1.35 bits per heavy atom. The fourth-order valence-corrected chi connectivity index (χ4v) is 3.13. The van der Waals surface area contributed by atoms with Crippen molar-refractivity contribution in [3.8, 4) is 0 Å². The summed E-state index contributed by atoms with van der Waals surface area (Å²) in [4.78, 5) is 11.7. The highest BCUT2D eigenvalue weighted by molar-refractivity contribution is 7.89. The predicted octanol–water partition coefficient (Wildman–Crippen LogP) is 0.799. The maximum absolute atomic E-state index is 12.2. The van der Waals surface area contributed by atoms with Gasteiger partial charge in [-0.1, -0.05) is 6.07 Å². The second-order valence-corrected chi connectivity index (χ2v) is 6.05. The maximum atomic E-state index is 12.2. The number of nitrogens with one attached hydrogen (secondary N) is 1. The Bertz CT molecular complexity index is 570. The number of ether oxygens (including phenoxy) is 1. The Hall–Kier alpha value is -1.44. The van der Waals surface area contributed by atoms with Crippen LogP contribution in [0.2, 0.25) is 0 Å². The van der Waals surface area contributed by atoms with Gasteiger partial charge in [0, 0.05) is 6.54 Å². The van der Waals surface area contributed by atoms with E-state index in [4.69, 9.17) is 5.73 Å². The fourth-order valence-electron chi connectivity index (χ4n) is 1.79. The van der Waals surface area contributed by atoms with Crippen LogP contribution >= 0.6 is 0 Å². The smallest absolute Gasteiger partial charge is 0.338 e. The lowest BCUT2D eigenvalue weighted by atomic mass is 10.1. The normalized spacial score (nSPS) is 11.3. The molecule has 0 aliphatic heterocycles. The molecule has 0 saturated carbocycles.